The first-order valence-electron chi connectivity index (χ1n) is 12.5. The molecule has 0 aliphatic carbocycles. The van der Waals surface area contributed by atoms with E-state index in [0.29, 0.717) is 11.6 Å². The van der Waals surface area contributed by atoms with Crippen molar-refractivity contribution in [2.75, 3.05) is 46.3 Å². The fraction of sp³-hybridized carbons (Fsp3) is 0.462. The van der Waals surface area contributed by atoms with E-state index in [-0.39, 0.29) is 36.2 Å². The maximum absolute atomic E-state index is 14.7. The van der Waals surface area contributed by atoms with Gasteiger partial charge in [-0.2, -0.15) is 0 Å². The second-order valence-electron chi connectivity index (χ2n) is 8.41. The summed E-state index contributed by atoms with van der Waals surface area (Å²) in [5.41, 5.74) is 1.55. The monoisotopic (exact) mass is 572 g/mol. The Morgan fingerprint density at radius 1 is 1.08 bits per heavy atom. The number of rotatable bonds is 11. The maximum Gasteiger partial charge on any atom is 0.258 e. The molecule has 2 aromatic carbocycles. The molecule has 1 heterocycles. The molecule has 0 spiro atoms. The number of nitrogens with one attached hydrogen (secondary N) is 1. The van der Waals surface area contributed by atoms with Gasteiger partial charge in [0.25, 0.3) is 5.91 Å². The van der Waals surface area contributed by atoms with Crippen molar-refractivity contribution in [3.63, 3.8) is 0 Å². The third kappa shape index (κ3) is 10.4. The molecular weight excluding hydrogens is 538 g/mol. The van der Waals surface area contributed by atoms with Crippen molar-refractivity contribution in [3.8, 4) is 11.5 Å². The number of likely N-dealkylation sites (N-methyl/N-ethyl adjacent to an activating group) is 1. The Balaban J connectivity index is 0.00000247. The van der Waals surface area contributed by atoms with Gasteiger partial charge < -0.3 is 9.64 Å². The third-order valence-corrected chi connectivity index (χ3v) is 6.87. The predicted molar refractivity (Wildman–Crippen MR) is 145 cm³/mol. The molecule has 0 atom stereocenters. The second-order valence-corrected chi connectivity index (χ2v) is 10.0. The van der Waals surface area contributed by atoms with E-state index in [0.717, 1.165) is 50.0 Å². The normalized spacial score (nSPS) is 13.5. The number of hydroxylamine groups is 1. The van der Waals surface area contributed by atoms with Gasteiger partial charge in [-0.1, -0.05) is 31.9 Å². The quantitative estimate of drug-likeness (QED) is 0.218. The number of nitrogens with zero attached hydrogens (tertiary/aromatic N) is 3. The number of halogens is 3. The van der Waals surface area contributed by atoms with Crippen molar-refractivity contribution in [2.24, 2.45) is 0 Å². The van der Waals surface area contributed by atoms with Crippen LogP contribution in [0.1, 0.15) is 33.1 Å². The fourth-order valence-electron chi connectivity index (χ4n) is 3.62. The Hall–Kier alpha value is -2.44. The van der Waals surface area contributed by atoms with Crippen molar-refractivity contribution in [1.29, 1.82) is 0 Å². The Labute approximate surface area is 232 Å². The molecule has 12 heteroatoms. The molecule has 0 bridgehead atoms. The number of hydrogen-bond donors (Lipinski definition) is 2. The molecule has 2 amide bonds. The van der Waals surface area contributed by atoms with Crippen LogP contribution in [0.3, 0.4) is 0 Å². The van der Waals surface area contributed by atoms with E-state index in [2.05, 4.69) is 4.90 Å². The van der Waals surface area contributed by atoms with E-state index >= 15 is 0 Å². The summed E-state index contributed by atoms with van der Waals surface area (Å²) in [5, 5.41) is 9.39. The minimum absolute atomic E-state index is 0.0470. The lowest BCUT2D eigenvalue weighted by atomic mass is 10.1. The van der Waals surface area contributed by atoms with E-state index in [1.165, 1.54) is 35.0 Å². The third-order valence-electron chi connectivity index (χ3n) is 5.60. The summed E-state index contributed by atoms with van der Waals surface area (Å²) >= 11 is 6.75. The van der Waals surface area contributed by atoms with E-state index in [4.69, 9.17) is 21.5 Å². The zero-order valence-electron chi connectivity index (χ0n) is 21.9. The second kappa shape index (κ2) is 16.5. The van der Waals surface area contributed by atoms with Gasteiger partial charge in [-0.05, 0) is 74.3 Å². The van der Waals surface area contributed by atoms with Crippen LogP contribution in [0.2, 0.25) is 5.02 Å². The Bertz CT molecular complexity index is 1020. The number of likely N-dealkylation sites (tertiary alicyclic amines) is 1. The van der Waals surface area contributed by atoms with Gasteiger partial charge in [-0.3, -0.25) is 19.7 Å². The van der Waals surface area contributed by atoms with Crippen LogP contribution in [-0.4, -0.2) is 77.4 Å². The first-order chi connectivity index (χ1) is 18.2. The smallest absolute Gasteiger partial charge is 0.258 e. The highest BCUT2D eigenvalue weighted by Crippen LogP contribution is 2.33. The standard InChI is InChI=1S/C24H29ClF2N4O4S.C2H6/c1-29(23(33)16-30-9-3-2-4-10-30)11-12-31(15-22(32)28-34)36-19-13-20(26)24(21(27)14-19)35-18-7-5-17(25)6-8-18;1-2/h5-8,13-14,34H,2-4,9-12,15-16H2,1H3,(H,28,32);1-2H3. The SMILES string of the molecule is CC.CN(CCN(CC(=O)NO)Sc1cc(F)c(Oc2ccc(Cl)cc2)c(F)c1)C(=O)CN1CCCCC1. The number of amides is 2. The molecule has 0 radical (unpaired) electrons. The zero-order valence-corrected chi connectivity index (χ0v) is 23.5. The van der Waals surface area contributed by atoms with Gasteiger partial charge in [-0.25, -0.2) is 18.6 Å². The molecule has 2 aromatic rings. The molecule has 0 saturated carbocycles. The summed E-state index contributed by atoms with van der Waals surface area (Å²) in [4.78, 5) is 28.2. The topological polar surface area (TPSA) is 85.4 Å². The van der Waals surface area contributed by atoms with Crippen LogP contribution < -0.4 is 10.2 Å². The summed E-state index contributed by atoms with van der Waals surface area (Å²) in [6.07, 6.45) is 3.33. The lowest BCUT2D eigenvalue weighted by molar-refractivity contribution is -0.131. The van der Waals surface area contributed by atoms with Crippen LogP contribution in [0, 0.1) is 11.6 Å². The largest absolute Gasteiger partial charge is 0.451 e. The minimum Gasteiger partial charge on any atom is -0.451 e. The van der Waals surface area contributed by atoms with Gasteiger partial charge in [0.1, 0.15) is 5.75 Å². The Morgan fingerprint density at radius 2 is 1.68 bits per heavy atom. The van der Waals surface area contributed by atoms with Gasteiger partial charge in [0.05, 0.1) is 13.1 Å². The van der Waals surface area contributed by atoms with E-state index in [1.807, 2.05) is 13.8 Å². The molecule has 8 nitrogen and oxygen atoms in total. The van der Waals surface area contributed by atoms with Gasteiger partial charge in [0.15, 0.2) is 17.4 Å². The maximum atomic E-state index is 14.7. The number of carbonyl (C=O) groups excluding carboxylic acids is 2. The molecule has 1 saturated heterocycles. The van der Waals surface area contributed by atoms with Crippen molar-refractivity contribution in [3.05, 3.63) is 53.1 Å². The highest BCUT2D eigenvalue weighted by atomic mass is 35.5. The summed E-state index contributed by atoms with van der Waals surface area (Å²) in [6.45, 7) is 6.35. The summed E-state index contributed by atoms with van der Waals surface area (Å²) < 4.78 is 36.2. The number of piperidine rings is 1. The van der Waals surface area contributed by atoms with Crippen LogP contribution in [0.4, 0.5) is 8.78 Å². The van der Waals surface area contributed by atoms with Crippen LogP contribution >= 0.6 is 23.5 Å². The van der Waals surface area contributed by atoms with E-state index < -0.39 is 23.3 Å². The molecule has 2 N–H and O–H groups in total. The first kappa shape index (κ1) is 31.8. The van der Waals surface area contributed by atoms with Gasteiger partial charge in [-0.15, -0.1) is 0 Å². The average molecular weight is 573 g/mol. The van der Waals surface area contributed by atoms with Crippen LogP contribution in [0.15, 0.2) is 41.3 Å². The number of hydrogen-bond acceptors (Lipinski definition) is 7. The average Bonchev–Trinajstić information content (AvgIpc) is 2.91. The van der Waals surface area contributed by atoms with Crippen molar-refractivity contribution in [2.45, 2.75) is 38.0 Å². The molecule has 1 aliphatic heterocycles. The van der Waals surface area contributed by atoms with Crippen LogP contribution in [0.5, 0.6) is 11.5 Å². The highest BCUT2D eigenvalue weighted by Gasteiger charge is 2.20. The zero-order chi connectivity index (χ0) is 28.1. The molecular formula is C26H35ClF2N4O4S. The lowest BCUT2D eigenvalue weighted by Crippen LogP contribution is -2.43. The Kier molecular flexibility index (Phi) is 13.8. The van der Waals surface area contributed by atoms with Crippen molar-refractivity contribution in [1.82, 2.24) is 19.6 Å². The van der Waals surface area contributed by atoms with Crippen molar-refractivity contribution >= 4 is 35.4 Å². The molecule has 1 aliphatic rings. The summed E-state index contributed by atoms with van der Waals surface area (Å²) in [5.74, 6) is -2.94. The first-order valence-corrected chi connectivity index (χ1v) is 13.6. The lowest BCUT2D eigenvalue weighted by Gasteiger charge is -2.29. The molecule has 0 aromatic heterocycles. The molecule has 0 unspecified atom stereocenters. The number of carbonyl (C=O) groups is 2. The molecule has 210 valence electrons. The fourth-order valence-corrected chi connectivity index (χ4v) is 4.72. The van der Waals surface area contributed by atoms with Gasteiger partial charge in [0.2, 0.25) is 5.91 Å². The van der Waals surface area contributed by atoms with Gasteiger partial charge >= 0.3 is 0 Å². The van der Waals surface area contributed by atoms with Crippen molar-refractivity contribution < 1.29 is 28.3 Å². The number of benzene rings is 2. The summed E-state index contributed by atoms with van der Waals surface area (Å²) in [6, 6.07) is 8.23. The van der Waals surface area contributed by atoms with Crippen LogP contribution in [0.25, 0.3) is 0 Å². The highest BCUT2D eigenvalue weighted by molar-refractivity contribution is 7.97. The molecule has 3 rings (SSSR count). The predicted octanol–water partition coefficient (Wildman–Crippen LogP) is 5.20. The Morgan fingerprint density at radius 3 is 2.26 bits per heavy atom. The number of ether oxygens (including phenoxy) is 1. The minimum atomic E-state index is -0.923. The van der Waals surface area contributed by atoms with E-state index in [9.17, 15) is 18.4 Å². The molecule has 1 fully saturated rings. The van der Waals surface area contributed by atoms with Crippen LogP contribution in [-0.2, 0) is 9.59 Å². The van der Waals surface area contributed by atoms with E-state index in [1.54, 1.807) is 17.4 Å². The molecule has 38 heavy (non-hydrogen) atoms. The summed E-state index contributed by atoms with van der Waals surface area (Å²) in [7, 11) is 1.67. The van der Waals surface area contributed by atoms with Gasteiger partial charge in [0, 0.05) is 30.1 Å².